The molecule has 8 heteroatoms. The van der Waals surface area contributed by atoms with E-state index in [2.05, 4.69) is 4.98 Å². The van der Waals surface area contributed by atoms with Crippen molar-refractivity contribution in [2.45, 2.75) is 30.4 Å². The van der Waals surface area contributed by atoms with Crippen molar-refractivity contribution >= 4 is 21.4 Å². The normalized spacial score (nSPS) is 21.7. The summed E-state index contributed by atoms with van der Waals surface area (Å²) >= 11 is 0.764. The van der Waals surface area contributed by atoms with Gasteiger partial charge in [0, 0.05) is 18.8 Å². The Morgan fingerprint density at radius 2 is 2.26 bits per heavy atom. The van der Waals surface area contributed by atoms with Crippen molar-refractivity contribution in [2.75, 3.05) is 19.6 Å². The second-order valence-electron chi connectivity index (χ2n) is 4.88. The van der Waals surface area contributed by atoms with Gasteiger partial charge in [-0.25, -0.2) is 8.42 Å². The van der Waals surface area contributed by atoms with E-state index < -0.39 is 10.0 Å². The lowest BCUT2D eigenvalue weighted by Crippen LogP contribution is -2.40. The van der Waals surface area contributed by atoms with E-state index in [9.17, 15) is 13.2 Å². The molecule has 1 saturated heterocycles. The van der Waals surface area contributed by atoms with Gasteiger partial charge in [0.05, 0.1) is 0 Å². The van der Waals surface area contributed by atoms with Crippen molar-refractivity contribution in [3.05, 3.63) is 15.4 Å². The summed E-state index contributed by atoms with van der Waals surface area (Å²) in [5.41, 5.74) is 5.97. The molecule has 6 nitrogen and oxygen atoms in total. The maximum absolute atomic E-state index is 12.5. The van der Waals surface area contributed by atoms with Gasteiger partial charge in [0.2, 0.25) is 0 Å². The van der Waals surface area contributed by atoms with Crippen LogP contribution < -0.4 is 10.6 Å². The largest absolute Gasteiger partial charge is 0.330 e. The molecule has 0 saturated carbocycles. The zero-order chi connectivity index (χ0) is 14.0. The fraction of sp³-hybridized carbons (Fsp3) is 0.727. The molecule has 0 aliphatic carbocycles. The number of sulfonamides is 1. The summed E-state index contributed by atoms with van der Waals surface area (Å²) in [6.07, 6.45) is 2.71. The van der Waals surface area contributed by atoms with Gasteiger partial charge in [0.25, 0.3) is 10.0 Å². The molecule has 0 aromatic carbocycles. The average molecular weight is 305 g/mol. The monoisotopic (exact) mass is 305 g/mol. The summed E-state index contributed by atoms with van der Waals surface area (Å²) in [4.78, 5) is 13.5. The van der Waals surface area contributed by atoms with Crippen molar-refractivity contribution in [3.8, 4) is 0 Å². The van der Waals surface area contributed by atoms with Gasteiger partial charge in [0.15, 0.2) is 4.21 Å². The Hall–Kier alpha value is -0.700. The Morgan fingerprint density at radius 1 is 1.53 bits per heavy atom. The summed E-state index contributed by atoms with van der Waals surface area (Å²) in [5.74, 6) is 0.324. The molecule has 3 N–H and O–H groups in total. The fourth-order valence-corrected chi connectivity index (χ4v) is 5.46. The molecule has 1 aromatic rings. The smallest absolute Gasteiger partial charge is 0.305 e. The molecule has 19 heavy (non-hydrogen) atoms. The van der Waals surface area contributed by atoms with Crippen LogP contribution in [0.1, 0.15) is 25.0 Å². The minimum Gasteiger partial charge on any atom is -0.330 e. The number of hydrogen-bond donors (Lipinski definition) is 2. The van der Waals surface area contributed by atoms with Crippen LogP contribution in [0.25, 0.3) is 0 Å². The van der Waals surface area contributed by atoms with E-state index >= 15 is 0 Å². The number of hydrogen-bond acceptors (Lipinski definition) is 5. The van der Waals surface area contributed by atoms with Crippen molar-refractivity contribution in [1.29, 1.82) is 0 Å². The van der Waals surface area contributed by atoms with Crippen molar-refractivity contribution < 1.29 is 8.42 Å². The second-order valence-corrected chi connectivity index (χ2v) is 7.99. The highest BCUT2D eigenvalue weighted by molar-refractivity contribution is 7.91. The molecule has 1 aromatic heterocycles. The van der Waals surface area contributed by atoms with E-state index in [1.807, 2.05) is 0 Å². The Labute approximate surface area is 116 Å². The minimum atomic E-state index is -3.54. The molecule has 2 heterocycles. The molecule has 108 valence electrons. The third-order valence-corrected chi connectivity index (χ3v) is 6.86. The number of nitrogens with zero attached hydrogens (tertiary/aromatic N) is 1. The lowest BCUT2D eigenvalue weighted by Gasteiger charge is -2.31. The van der Waals surface area contributed by atoms with E-state index in [1.165, 1.54) is 4.31 Å². The number of aromatic nitrogens is 1. The van der Waals surface area contributed by atoms with Gasteiger partial charge in [-0.2, -0.15) is 4.31 Å². The standard InChI is InChI=1S/C11H19N3O3S2/c1-8-10(18-11(15)13-8)19(16,17)14-6-2-3-9(7-14)4-5-12/h9H,2-7,12H2,1H3,(H,13,15). The maximum Gasteiger partial charge on any atom is 0.305 e. The molecular weight excluding hydrogens is 286 g/mol. The number of aromatic amines is 1. The number of thiazole rings is 1. The summed E-state index contributed by atoms with van der Waals surface area (Å²) < 4.78 is 26.7. The number of piperidine rings is 1. The molecule has 1 fully saturated rings. The quantitative estimate of drug-likeness (QED) is 0.846. The maximum atomic E-state index is 12.5. The van der Waals surface area contributed by atoms with Gasteiger partial charge < -0.3 is 10.7 Å². The zero-order valence-electron chi connectivity index (χ0n) is 10.9. The van der Waals surface area contributed by atoms with E-state index in [0.717, 1.165) is 30.6 Å². The number of aryl methyl sites for hydroxylation is 1. The third kappa shape index (κ3) is 3.07. The van der Waals surface area contributed by atoms with Gasteiger partial charge in [-0.05, 0) is 38.6 Å². The van der Waals surface area contributed by atoms with Gasteiger partial charge in [0.1, 0.15) is 0 Å². The predicted molar refractivity (Wildman–Crippen MR) is 74.8 cm³/mol. The summed E-state index contributed by atoms with van der Waals surface area (Å²) in [5, 5.41) is 0. The zero-order valence-corrected chi connectivity index (χ0v) is 12.5. The van der Waals surface area contributed by atoms with Gasteiger partial charge in [-0.15, -0.1) is 0 Å². The van der Waals surface area contributed by atoms with Crippen molar-refractivity contribution in [2.24, 2.45) is 11.7 Å². The number of nitrogens with two attached hydrogens (primary N) is 1. The van der Waals surface area contributed by atoms with Crippen LogP contribution in [0, 0.1) is 12.8 Å². The molecule has 0 amide bonds. The van der Waals surface area contributed by atoms with Crippen LogP contribution in [0.4, 0.5) is 0 Å². The van der Waals surface area contributed by atoms with E-state index in [4.69, 9.17) is 5.73 Å². The molecule has 1 aliphatic rings. The van der Waals surface area contributed by atoms with Crippen LogP contribution in [0.5, 0.6) is 0 Å². The first kappa shape index (κ1) is 14.7. The SMILES string of the molecule is Cc1[nH]c(=O)sc1S(=O)(=O)N1CCCC(CCN)C1. The first-order valence-corrected chi connectivity index (χ1v) is 8.60. The Bertz CT molecular complexity index is 589. The fourth-order valence-electron chi connectivity index (χ4n) is 2.47. The summed E-state index contributed by atoms with van der Waals surface area (Å²) in [6.45, 7) is 3.22. The molecule has 1 aliphatic heterocycles. The van der Waals surface area contributed by atoms with Gasteiger partial charge in [-0.1, -0.05) is 11.3 Å². The van der Waals surface area contributed by atoms with Crippen LogP contribution in [-0.2, 0) is 10.0 Å². The first-order valence-electron chi connectivity index (χ1n) is 6.35. The number of H-pyrrole nitrogens is 1. The van der Waals surface area contributed by atoms with Crippen molar-refractivity contribution in [3.63, 3.8) is 0 Å². The molecule has 1 unspecified atom stereocenters. The number of rotatable bonds is 4. The average Bonchev–Trinajstić information content (AvgIpc) is 2.70. The lowest BCUT2D eigenvalue weighted by molar-refractivity contribution is 0.258. The highest BCUT2D eigenvalue weighted by Crippen LogP contribution is 2.27. The van der Waals surface area contributed by atoms with Gasteiger partial charge >= 0.3 is 4.87 Å². The number of nitrogens with one attached hydrogen (secondary N) is 1. The van der Waals surface area contributed by atoms with Crippen LogP contribution in [0.15, 0.2) is 9.00 Å². The molecule has 0 spiro atoms. The highest BCUT2D eigenvalue weighted by atomic mass is 32.2. The second kappa shape index (κ2) is 5.74. The molecule has 1 atom stereocenters. The molecule has 0 bridgehead atoms. The van der Waals surface area contributed by atoms with Crippen LogP contribution in [0.3, 0.4) is 0 Å². The topological polar surface area (TPSA) is 96.3 Å². The van der Waals surface area contributed by atoms with Crippen LogP contribution in [0.2, 0.25) is 0 Å². The Morgan fingerprint density at radius 3 is 2.84 bits per heavy atom. The first-order chi connectivity index (χ1) is 8.95. The Kier molecular flexibility index (Phi) is 4.44. The van der Waals surface area contributed by atoms with E-state index in [-0.39, 0.29) is 9.08 Å². The molecule has 0 radical (unpaired) electrons. The van der Waals surface area contributed by atoms with Crippen LogP contribution in [-0.4, -0.2) is 37.3 Å². The lowest BCUT2D eigenvalue weighted by atomic mass is 9.96. The molecular formula is C11H19N3O3S2. The van der Waals surface area contributed by atoms with Crippen LogP contribution >= 0.6 is 11.3 Å². The predicted octanol–water partition coefficient (Wildman–Crippen LogP) is 0.494. The highest BCUT2D eigenvalue weighted by Gasteiger charge is 2.32. The van der Waals surface area contributed by atoms with Crippen molar-refractivity contribution in [1.82, 2.24) is 9.29 Å². The van der Waals surface area contributed by atoms with E-state index in [0.29, 0.717) is 31.2 Å². The van der Waals surface area contributed by atoms with E-state index in [1.54, 1.807) is 6.92 Å². The summed E-state index contributed by atoms with van der Waals surface area (Å²) in [7, 11) is -3.54. The summed E-state index contributed by atoms with van der Waals surface area (Å²) in [6, 6.07) is 0. The minimum absolute atomic E-state index is 0.144. The molecule has 2 rings (SSSR count). The Balaban J connectivity index is 2.24. The third-order valence-electron chi connectivity index (χ3n) is 3.41. The van der Waals surface area contributed by atoms with Gasteiger partial charge in [-0.3, -0.25) is 4.79 Å².